The summed E-state index contributed by atoms with van der Waals surface area (Å²) in [6.07, 6.45) is 62.3. The van der Waals surface area contributed by atoms with E-state index in [1.165, 1.54) is 0 Å². The van der Waals surface area contributed by atoms with Gasteiger partial charge in [0.2, 0.25) is 0 Å². The second-order valence-electron chi connectivity index (χ2n) is 12.2. The van der Waals surface area contributed by atoms with Gasteiger partial charge in [0, 0.05) is 12.8 Å². The van der Waals surface area contributed by atoms with Gasteiger partial charge in [-0.3, -0.25) is 9.59 Å². The molecule has 0 rings (SSSR count). The fourth-order valence-electron chi connectivity index (χ4n) is 4.54. The van der Waals surface area contributed by atoms with Crippen molar-refractivity contribution in [1.29, 1.82) is 0 Å². The Morgan fingerprint density at radius 1 is 0.442 bits per heavy atom. The van der Waals surface area contributed by atoms with E-state index in [1.54, 1.807) is 0 Å². The van der Waals surface area contributed by atoms with Crippen LogP contribution < -0.4 is 0 Å². The molecule has 0 unspecified atom stereocenters. The zero-order chi connectivity index (χ0) is 37.8. The molecule has 0 radical (unpaired) electrons. The Morgan fingerprint density at radius 3 is 1.19 bits per heavy atom. The van der Waals surface area contributed by atoms with Gasteiger partial charge in [0.25, 0.3) is 0 Å². The van der Waals surface area contributed by atoms with E-state index in [1.807, 2.05) is 12.2 Å². The second-order valence-corrected chi connectivity index (χ2v) is 12.2. The molecule has 0 aromatic heterocycles. The molecule has 0 amide bonds. The summed E-state index contributed by atoms with van der Waals surface area (Å²) in [6, 6.07) is 0. The van der Waals surface area contributed by atoms with Crippen molar-refractivity contribution < 1.29 is 24.2 Å². The van der Waals surface area contributed by atoms with Gasteiger partial charge in [-0.2, -0.15) is 0 Å². The van der Waals surface area contributed by atoms with Crippen LogP contribution in [0.3, 0.4) is 0 Å². The van der Waals surface area contributed by atoms with E-state index in [-0.39, 0.29) is 25.6 Å². The number of unbranched alkanes of at least 4 members (excludes halogenated alkanes) is 3. The number of aliphatic hydroxyl groups is 1. The monoisotopic (exact) mass is 715 g/mol. The van der Waals surface area contributed by atoms with Crippen LogP contribution in [0, 0.1) is 0 Å². The lowest BCUT2D eigenvalue weighted by atomic mass is 10.1. The van der Waals surface area contributed by atoms with Crippen LogP contribution in [-0.2, 0) is 19.1 Å². The third kappa shape index (κ3) is 38.8. The first kappa shape index (κ1) is 48.0. The van der Waals surface area contributed by atoms with E-state index < -0.39 is 12.1 Å². The first-order valence-corrected chi connectivity index (χ1v) is 19.7. The molecule has 0 spiro atoms. The molecule has 0 aliphatic rings. The predicted molar refractivity (Wildman–Crippen MR) is 223 cm³/mol. The molecule has 1 atom stereocenters. The van der Waals surface area contributed by atoms with Crippen LogP contribution in [0.15, 0.2) is 134 Å². The van der Waals surface area contributed by atoms with Gasteiger partial charge in [0.05, 0.1) is 6.61 Å². The van der Waals surface area contributed by atoms with Crippen LogP contribution in [0.2, 0.25) is 0 Å². The third-order valence-electron chi connectivity index (χ3n) is 7.45. The molecule has 0 saturated heterocycles. The van der Waals surface area contributed by atoms with Crippen molar-refractivity contribution in [3.8, 4) is 0 Å². The number of rotatable bonds is 33. The highest BCUT2D eigenvalue weighted by Crippen LogP contribution is 2.07. The van der Waals surface area contributed by atoms with Crippen LogP contribution in [-0.4, -0.2) is 36.4 Å². The number of allylic oxidation sites excluding steroid dienone is 22. The average Bonchev–Trinajstić information content (AvgIpc) is 3.15. The van der Waals surface area contributed by atoms with Crippen molar-refractivity contribution in [2.75, 3.05) is 13.2 Å². The number of ether oxygens (including phenoxy) is 2. The SMILES string of the molecule is CCC=CCC=CCC=CCC=CCC=CCC=CCCC(=O)O[C@@H](CO)COC(=O)CCCCCC=CCC=CCC=CCC=CCC=CCC. The summed E-state index contributed by atoms with van der Waals surface area (Å²) in [6.45, 7) is 3.79. The van der Waals surface area contributed by atoms with Gasteiger partial charge in [0.1, 0.15) is 6.61 Å². The molecule has 0 fully saturated rings. The lowest BCUT2D eigenvalue weighted by Gasteiger charge is -2.15. The van der Waals surface area contributed by atoms with Crippen LogP contribution in [0.1, 0.15) is 129 Å². The van der Waals surface area contributed by atoms with Crippen molar-refractivity contribution in [3.63, 3.8) is 0 Å². The Bertz CT molecular complexity index is 1170. The lowest BCUT2D eigenvalue weighted by molar-refractivity contribution is -0.161. The predicted octanol–water partition coefficient (Wildman–Crippen LogP) is 12.6. The van der Waals surface area contributed by atoms with Crippen molar-refractivity contribution in [2.24, 2.45) is 0 Å². The van der Waals surface area contributed by atoms with Crippen LogP contribution in [0.25, 0.3) is 0 Å². The maximum atomic E-state index is 12.1. The summed E-state index contributed by atoms with van der Waals surface area (Å²) in [5.74, 6) is -0.743. The summed E-state index contributed by atoms with van der Waals surface area (Å²) in [5.41, 5.74) is 0. The Morgan fingerprint density at radius 2 is 0.808 bits per heavy atom. The molecule has 0 aliphatic carbocycles. The van der Waals surface area contributed by atoms with Crippen LogP contribution in [0.5, 0.6) is 0 Å². The Hall–Kier alpha value is -3.96. The molecular formula is C47H70O5. The molecule has 1 N–H and O–H groups in total. The molecule has 5 nitrogen and oxygen atoms in total. The lowest BCUT2D eigenvalue weighted by Crippen LogP contribution is -2.28. The largest absolute Gasteiger partial charge is 0.462 e. The Balaban J connectivity index is 3.81. The second kappa shape index (κ2) is 41.5. The third-order valence-corrected chi connectivity index (χ3v) is 7.45. The molecule has 0 aromatic rings. The number of carbonyl (C=O) groups excluding carboxylic acids is 2. The van der Waals surface area contributed by atoms with E-state index >= 15 is 0 Å². The Labute approximate surface area is 317 Å². The highest BCUT2D eigenvalue weighted by molar-refractivity contribution is 5.70. The van der Waals surface area contributed by atoms with Gasteiger partial charge in [-0.15, -0.1) is 0 Å². The summed E-state index contributed by atoms with van der Waals surface area (Å²) in [7, 11) is 0. The van der Waals surface area contributed by atoms with Gasteiger partial charge >= 0.3 is 11.9 Å². The van der Waals surface area contributed by atoms with Gasteiger partial charge in [-0.05, 0) is 96.3 Å². The Kier molecular flexibility index (Phi) is 38.3. The minimum atomic E-state index is -0.836. The minimum absolute atomic E-state index is 0.124. The van der Waals surface area contributed by atoms with E-state index in [9.17, 15) is 14.7 Å². The highest BCUT2D eigenvalue weighted by Gasteiger charge is 2.15. The van der Waals surface area contributed by atoms with E-state index in [4.69, 9.17) is 9.47 Å². The zero-order valence-electron chi connectivity index (χ0n) is 32.5. The topological polar surface area (TPSA) is 72.8 Å². The van der Waals surface area contributed by atoms with Crippen LogP contribution in [0.4, 0.5) is 0 Å². The van der Waals surface area contributed by atoms with Gasteiger partial charge in [0.15, 0.2) is 6.10 Å². The average molecular weight is 715 g/mol. The quantitative estimate of drug-likeness (QED) is 0.0416. The summed E-state index contributed by atoms with van der Waals surface area (Å²) >= 11 is 0. The number of esters is 2. The minimum Gasteiger partial charge on any atom is -0.462 e. The zero-order valence-corrected chi connectivity index (χ0v) is 32.5. The van der Waals surface area contributed by atoms with E-state index in [2.05, 4.69) is 135 Å². The molecule has 288 valence electrons. The molecule has 0 aliphatic heterocycles. The number of aliphatic hydroxyl groups excluding tert-OH is 1. The summed E-state index contributed by atoms with van der Waals surface area (Å²) in [4.78, 5) is 24.2. The van der Waals surface area contributed by atoms with Crippen molar-refractivity contribution >= 4 is 11.9 Å². The molecule has 52 heavy (non-hydrogen) atoms. The summed E-state index contributed by atoms with van der Waals surface area (Å²) < 4.78 is 10.5. The smallest absolute Gasteiger partial charge is 0.306 e. The van der Waals surface area contributed by atoms with E-state index in [0.29, 0.717) is 12.8 Å². The number of hydrogen-bond donors (Lipinski definition) is 1. The van der Waals surface area contributed by atoms with Crippen molar-refractivity contribution in [2.45, 2.75) is 136 Å². The standard InChI is InChI=1S/C47H70O5/c1-3-5-7-9-11-13-15-17-19-21-23-25-27-29-31-33-35-37-39-41-46(49)51-44-45(43-48)52-47(50)42-40-38-36-34-32-30-28-26-24-22-20-18-16-14-12-10-8-6-4-2/h5-8,11-14,17-20,23-26,29-32,36,38,45,48H,3-4,9-10,15-16,21-22,27-28,33-35,37,39-44H2,1-2H3/t45-/m0/s1. The molecule has 0 aromatic carbocycles. The normalized spacial score (nSPS) is 13.7. The van der Waals surface area contributed by atoms with Gasteiger partial charge in [-0.25, -0.2) is 0 Å². The molecule has 5 heteroatoms. The fourth-order valence-corrected chi connectivity index (χ4v) is 4.54. The first-order chi connectivity index (χ1) is 25.6. The first-order valence-electron chi connectivity index (χ1n) is 19.7. The fraction of sp³-hybridized carbons (Fsp3) is 0.489. The molecule has 0 saturated carbocycles. The maximum Gasteiger partial charge on any atom is 0.306 e. The number of hydrogen-bond acceptors (Lipinski definition) is 5. The molecule has 0 bridgehead atoms. The summed E-state index contributed by atoms with van der Waals surface area (Å²) in [5, 5.41) is 9.55. The van der Waals surface area contributed by atoms with Gasteiger partial charge < -0.3 is 14.6 Å². The maximum absolute atomic E-state index is 12.1. The molecular weight excluding hydrogens is 645 g/mol. The molecule has 0 heterocycles. The van der Waals surface area contributed by atoms with Crippen LogP contribution >= 0.6 is 0 Å². The van der Waals surface area contributed by atoms with Crippen molar-refractivity contribution in [1.82, 2.24) is 0 Å². The highest BCUT2D eigenvalue weighted by atomic mass is 16.6. The number of carbonyl (C=O) groups is 2. The van der Waals surface area contributed by atoms with E-state index in [0.717, 1.165) is 96.3 Å². The van der Waals surface area contributed by atoms with Crippen molar-refractivity contribution in [3.05, 3.63) is 134 Å². The van der Waals surface area contributed by atoms with Gasteiger partial charge in [-0.1, -0.05) is 154 Å².